The summed E-state index contributed by atoms with van der Waals surface area (Å²) in [5, 5.41) is 23.0. The largest absolute Gasteiger partial charge is 0.466 e. The smallest absolute Gasteiger partial charge is 0.305 e. The van der Waals surface area contributed by atoms with Gasteiger partial charge in [0.25, 0.3) is 0 Å². The van der Waals surface area contributed by atoms with Gasteiger partial charge >= 0.3 is 5.97 Å². The van der Waals surface area contributed by atoms with E-state index in [1.54, 1.807) is 0 Å². The zero-order valence-electron chi connectivity index (χ0n) is 34.8. The third kappa shape index (κ3) is 38.3. The second-order valence-corrected chi connectivity index (χ2v) is 15.7. The first-order valence-corrected chi connectivity index (χ1v) is 22.9. The standard InChI is InChI=1S/C46H89NO5/c1-3-5-7-9-11-13-15-16-17-20-24-28-32-36-40-46(51)52-41-37-33-29-25-21-18-19-23-27-31-35-39-45(50)47-43(42-48)44(49)38-34-30-26-22-14-12-10-8-6-4-2/h15-16,43-44,48-49H,3-14,17-42H2,1-2H3,(H,47,50)/b16-15-. The molecular formula is C46H89NO5. The zero-order valence-corrected chi connectivity index (χ0v) is 34.8. The van der Waals surface area contributed by atoms with E-state index < -0.39 is 12.1 Å². The Morgan fingerprint density at radius 2 is 0.904 bits per heavy atom. The van der Waals surface area contributed by atoms with Crippen molar-refractivity contribution in [3.8, 4) is 0 Å². The number of amides is 1. The predicted octanol–water partition coefficient (Wildman–Crippen LogP) is 13.0. The molecule has 0 aromatic carbocycles. The molecule has 0 aromatic heterocycles. The van der Waals surface area contributed by atoms with E-state index in [1.165, 1.54) is 154 Å². The number of nitrogens with one attached hydrogen (secondary N) is 1. The van der Waals surface area contributed by atoms with Crippen molar-refractivity contribution in [2.24, 2.45) is 0 Å². The number of hydrogen-bond acceptors (Lipinski definition) is 5. The van der Waals surface area contributed by atoms with Crippen molar-refractivity contribution in [2.75, 3.05) is 13.2 Å². The van der Waals surface area contributed by atoms with Crippen molar-refractivity contribution in [3.05, 3.63) is 12.2 Å². The minimum Gasteiger partial charge on any atom is -0.466 e. The summed E-state index contributed by atoms with van der Waals surface area (Å²) >= 11 is 0. The summed E-state index contributed by atoms with van der Waals surface area (Å²) in [6.07, 6.45) is 45.9. The second-order valence-electron chi connectivity index (χ2n) is 15.7. The van der Waals surface area contributed by atoms with Gasteiger partial charge in [0.1, 0.15) is 0 Å². The molecule has 0 rings (SSSR count). The van der Waals surface area contributed by atoms with Crippen LogP contribution in [0.1, 0.15) is 245 Å². The van der Waals surface area contributed by atoms with Crippen LogP contribution in [0.5, 0.6) is 0 Å². The van der Waals surface area contributed by atoms with Crippen molar-refractivity contribution in [2.45, 2.75) is 257 Å². The fourth-order valence-corrected chi connectivity index (χ4v) is 6.98. The molecule has 2 unspecified atom stereocenters. The zero-order chi connectivity index (χ0) is 38.0. The van der Waals surface area contributed by atoms with Gasteiger partial charge in [0, 0.05) is 12.8 Å². The Hall–Kier alpha value is -1.40. The van der Waals surface area contributed by atoms with Crippen LogP contribution in [0, 0.1) is 0 Å². The summed E-state index contributed by atoms with van der Waals surface area (Å²) in [6.45, 7) is 4.87. The van der Waals surface area contributed by atoms with Gasteiger partial charge in [-0.15, -0.1) is 0 Å². The summed E-state index contributed by atoms with van der Waals surface area (Å²) in [7, 11) is 0. The van der Waals surface area contributed by atoms with Crippen LogP contribution in [0.15, 0.2) is 12.2 Å². The molecule has 0 fully saturated rings. The number of allylic oxidation sites excluding steroid dienone is 2. The molecule has 0 radical (unpaired) electrons. The number of rotatable bonds is 42. The number of ether oxygens (including phenoxy) is 1. The van der Waals surface area contributed by atoms with E-state index in [0.29, 0.717) is 25.9 Å². The van der Waals surface area contributed by atoms with Gasteiger partial charge < -0.3 is 20.3 Å². The lowest BCUT2D eigenvalue weighted by Crippen LogP contribution is -2.45. The summed E-state index contributed by atoms with van der Waals surface area (Å²) in [4.78, 5) is 24.4. The number of aliphatic hydroxyl groups is 2. The first-order valence-electron chi connectivity index (χ1n) is 22.9. The van der Waals surface area contributed by atoms with Gasteiger partial charge in [0.15, 0.2) is 0 Å². The topological polar surface area (TPSA) is 95.9 Å². The van der Waals surface area contributed by atoms with Gasteiger partial charge in [-0.2, -0.15) is 0 Å². The highest BCUT2D eigenvalue weighted by Gasteiger charge is 2.20. The molecular weight excluding hydrogens is 647 g/mol. The van der Waals surface area contributed by atoms with E-state index >= 15 is 0 Å². The minimum absolute atomic E-state index is 0.0227. The fraction of sp³-hybridized carbons (Fsp3) is 0.913. The predicted molar refractivity (Wildman–Crippen MR) is 223 cm³/mol. The Kier molecular flexibility index (Phi) is 41.2. The number of esters is 1. The molecule has 6 nitrogen and oxygen atoms in total. The van der Waals surface area contributed by atoms with Crippen LogP contribution in [-0.2, 0) is 14.3 Å². The summed E-state index contributed by atoms with van der Waals surface area (Å²) in [5.74, 6) is -0.0791. The number of carbonyl (C=O) groups excluding carboxylic acids is 2. The molecule has 0 bridgehead atoms. The molecule has 0 aliphatic carbocycles. The van der Waals surface area contributed by atoms with Gasteiger partial charge in [-0.05, 0) is 51.4 Å². The van der Waals surface area contributed by atoms with Crippen LogP contribution in [0.4, 0.5) is 0 Å². The number of aliphatic hydroxyl groups excluding tert-OH is 2. The highest BCUT2D eigenvalue weighted by atomic mass is 16.5. The van der Waals surface area contributed by atoms with Crippen molar-refractivity contribution in [1.29, 1.82) is 0 Å². The normalized spacial score (nSPS) is 12.8. The van der Waals surface area contributed by atoms with E-state index in [2.05, 4.69) is 31.3 Å². The fourth-order valence-electron chi connectivity index (χ4n) is 6.98. The van der Waals surface area contributed by atoms with Crippen LogP contribution < -0.4 is 5.32 Å². The van der Waals surface area contributed by atoms with Crippen LogP contribution >= 0.6 is 0 Å². The molecule has 0 saturated carbocycles. The Bertz CT molecular complexity index is 772. The van der Waals surface area contributed by atoms with Gasteiger partial charge in [0.05, 0.1) is 25.4 Å². The van der Waals surface area contributed by atoms with Crippen molar-refractivity contribution >= 4 is 11.9 Å². The maximum Gasteiger partial charge on any atom is 0.305 e. The quantitative estimate of drug-likeness (QED) is 0.0329. The molecule has 1 amide bonds. The van der Waals surface area contributed by atoms with Crippen molar-refractivity contribution in [1.82, 2.24) is 5.32 Å². The maximum atomic E-state index is 12.4. The molecule has 0 aliphatic heterocycles. The molecule has 0 aromatic rings. The van der Waals surface area contributed by atoms with E-state index in [0.717, 1.165) is 57.8 Å². The number of hydrogen-bond donors (Lipinski definition) is 3. The summed E-state index contributed by atoms with van der Waals surface area (Å²) in [6, 6.07) is -0.553. The maximum absolute atomic E-state index is 12.4. The Morgan fingerprint density at radius 3 is 1.37 bits per heavy atom. The molecule has 0 saturated heterocycles. The van der Waals surface area contributed by atoms with Gasteiger partial charge in [-0.3, -0.25) is 9.59 Å². The molecule has 0 heterocycles. The summed E-state index contributed by atoms with van der Waals surface area (Å²) in [5.41, 5.74) is 0. The first-order chi connectivity index (χ1) is 25.5. The van der Waals surface area contributed by atoms with E-state index in [-0.39, 0.29) is 18.5 Å². The second kappa shape index (κ2) is 42.3. The van der Waals surface area contributed by atoms with Crippen LogP contribution in [0.3, 0.4) is 0 Å². The average molecular weight is 736 g/mol. The van der Waals surface area contributed by atoms with Crippen LogP contribution in [0.25, 0.3) is 0 Å². The third-order valence-electron chi connectivity index (χ3n) is 10.6. The molecule has 0 aliphatic rings. The SMILES string of the molecule is CCCCCCC/C=C\CCCCCCCC(=O)OCCCCCCCCCCCCCC(=O)NC(CO)C(O)CCCCCCCCCCCC. The monoisotopic (exact) mass is 736 g/mol. The highest BCUT2D eigenvalue weighted by molar-refractivity contribution is 5.76. The molecule has 0 spiro atoms. The lowest BCUT2D eigenvalue weighted by molar-refractivity contribution is -0.143. The van der Waals surface area contributed by atoms with E-state index in [9.17, 15) is 19.8 Å². The van der Waals surface area contributed by atoms with Gasteiger partial charge in [-0.1, -0.05) is 193 Å². The van der Waals surface area contributed by atoms with Crippen molar-refractivity contribution in [3.63, 3.8) is 0 Å². The first kappa shape index (κ1) is 50.6. The highest BCUT2D eigenvalue weighted by Crippen LogP contribution is 2.15. The van der Waals surface area contributed by atoms with E-state index in [4.69, 9.17) is 4.74 Å². The minimum atomic E-state index is -0.673. The summed E-state index contributed by atoms with van der Waals surface area (Å²) < 4.78 is 5.44. The van der Waals surface area contributed by atoms with Gasteiger partial charge in [0.2, 0.25) is 5.91 Å². The molecule has 3 N–H and O–H groups in total. The average Bonchev–Trinajstić information content (AvgIpc) is 3.14. The van der Waals surface area contributed by atoms with E-state index in [1.807, 2.05) is 0 Å². The molecule has 2 atom stereocenters. The molecule has 308 valence electrons. The lowest BCUT2D eigenvalue weighted by Gasteiger charge is -2.22. The molecule has 52 heavy (non-hydrogen) atoms. The van der Waals surface area contributed by atoms with Crippen LogP contribution in [0.2, 0.25) is 0 Å². The van der Waals surface area contributed by atoms with Gasteiger partial charge in [-0.25, -0.2) is 0 Å². The Labute approximate surface area is 323 Å². The number of unbranched alkanes of at least 4 members (excludes halogenated alkanes) is 29. The lowest BCUT2D eigenvalue weighted by atomic mass is 10.0. The van der Waals surface area contributed by atoms with Crippen LogP contribution in [-0.4, -0.2) is 47.4 Å². The molecule has 6 heteroatoms. The Balaban J connectivity index is 3.46. The Morgan fingerprint density at radius 1 is 0.519 bits per heavy atom. The van der Waals surface area contributed by atoms with Crippen molar-refractivity contribution < 1.29 is 24.5 Å². The third-order valence-corrected chi connectivity index (χ3v) is 10.6. The number of carbonyl (C=O) groups is 2.